The van der Waals surface area contributed by atoms with Crippen LogP contribution in [-0.2, 0) is 0 Å². The highest BCUT2D eigenvalue weighted by molar-refractivity contribution is 5.74. The van der Waals surface area contributed by atoms with Crippen molar-refractivity contribution in [2.24, 2.45) is 10.2 Å². The lowest BCUT2D eigenvalue weighted by Gasteiger charge is -2.01. The van der Waals surface area contributed by atoms with Gasteiger partial charge in [-0.2, -0.15) is 0 Å². The number of imidazole rings is 1. The molecule has 0 saturated carbocycles. The van der Waals surface area contributed by atoms with Crippen LogP contribution in [-0.4, -0.2) is 9.38 Å². The van der Waals surface area contributed by atoms with Gasteiger partial charge in [-0.3, -0.25) is 4.40 Å². The molecule has 4 rings (SSSR count). The van der Waals surface area contributed by atoms with Crippen LogP contribution in [0.15, 0.2) is 77.1 Å². The van der Waals surface area contributed by atoms with E-state index in [0.717, 1.165) is 12.1 Å². The number of rotatable bonds is 3. The number of nitrogens with zero attached hydrogens (tertiary/aromatic N) is 4. The molecule has 128 valence electrons. The minimum atomic E-state index is -0.971. The summed E-state index contributed by atoms with van der Waals surface area (Å²) in [5.74, 6) is -1.93. The molecular weight excluding hydrogens is 341 g/mol. The molecule has 0 radical (unpaired) electrons. The fourth-order valence-electron chi connectivity index (χ4n) is 2.53. The largest absolute Gasteiger partial charge is 0.283 e. The average molecular weight is 352 g/mol. The summed E-state index contributed by atoms with van der Waals surface area (Å²) in [6.45, 7) is 0. The molecule has 0 aliphatic heterocycles. The summed E-state index contributed by atoms with van der Waals surface area (Å²) in [4.78, 5) is 4.44. The maximum absolute atomic E-state index is 13.6. The van der Waals surface area contributed by atoms with E-state index in [2.05, 4.69) is 15.2 Å². The molecule has 2 aromatic carbocycles. The molecule has 4 aromatic rings. The first kappa shape index (κ1) is 16.0. The van der Waals surface area contributed by atoms with Gasteiger partial charge in [-0.25, -0.2) is 18.2 Å². The molecule has 0 aliphatic rings. The molecule has 0 amide bonds. The van der Waals surface area contributed by atoms with Gasteiger partial charge in [0.15, 0.2) is 17.5 Å². The Labute approximate surface area is 146 Å². The van der Waals surface area contributed by atoms with E-state index >= 15 is 0 Å². The average Bonchev–Trinajstić information content (AvgIpc) is 3.02. The first-order chi connectivity index (χ1) is 12.6. The molecule has 0 saturated heterocycles. The normalized spacial score (nSPS) is 11.5. The van der Waals surface area contributed by atoms with Gasteiger partial charge in [-0.1, -0.05) is 6.07 Å². The summed E-state index contributed by atoms with van der Waals surface area (Å²) in [5.41, 5.74) is 1.77. The zero-order valence-corrected chi connectivity index (χ0v) is 13.3. The summed E-state index contributed by atoms with van der Waals surface area (Å²) < 4.78 is 41.6. The van der Waals surface area contributed by atoms with Gasteiger partial charge in [0.2, 0.25) is 0 Å². The molecule has 0 unspecified atom stereocenters. The van der Waals surface area contributed by atoms with Crippen LogP contribution in [0.5, 0.6) is 0 Å². The molecular formula is C19H11F3N4. The van der Waals surface area contributed by atoms with E-state index in [1.807, 2.05) is 0 Å². The highest BCUT2D eigenvalue weighted by atomic mass is 19.2. The highest BCUT2D eigenvalue weighted by Crippen LogP contribution is 2.32. The Kier molecular flexibility index (Phi) is 3.96. The monoisotopic (exact) mass is 352 g/mol. The Morgan fingerprint density at radius 1 is 0.808 bits per heavy atom. The van der Waals surface area contributed by atoms with Gasteiger partial charge >= 0.3 is 0 Å². The minimum Gasteiger partial charge on any atom is -0.283 e. The van der Waals surface area contributed by atoms with Gasteiger partial charge in [-0.15, -0.1) is 10.2 Å². The second-order valence-electron chi connectivity index (χ2n) is 5.52. The predicted molar refractivity (Wildman–Crippen MR) is 91.1 cm³/mol. The highest BCUT2D eigenvalue weighted by Gasteiger charge is 2.15. The number of azo groups is 1. The third-order valence-corrected chi connectivity index (χ3v) is 3.78. The van der Waals surface area contributed by atoms with E-state index in [1.54, 1.807) is 28.8 Å². The Hall–Kier alpha value is -3.48. The van der Waals surface area contributed by atoms with Crippen LogP contribution < -0.4 is 0 Å². The Bertz CT molecular complexity index is 1120. The lowest BCUT2D eigenvalue weighted by Crippen LogP contribution is -1.86. The molecule has 0 bridgehead atoms. The van der Waals surface area contributed by atoms with Crippen LogP contribution in [0.1, 0.15) is 0 Å². The molecule has 0 atom stereocenters. The summed E-state index contributed by atoms with van der Waals surface area (Å²) in [7, 11) is 0. The smallest absolute Gasteiger partial charge is 0.187 e. The van der Waals surface area contributed by atoms with Gasteiger partial charge in [0.25, 0.3) is 0 Å². The van der Waals surface area contributed by atoms with E-state index in [4.69, 9.17) is 0 Å². The second-order valence-corrected chi connectivity index (χ2v) is 5.52. The van der Waals surface area contributed by atoms with Crippen molar-refractivity contribution in [2.75, 3.05) is 0 Å². The van der Waals surface area contributed by atoms with Crippen molar-refractivity contribution in [1.29, 1.82) is 0 Å². The minimum absolute atomic E-state index is 0.357. The van der Waals surface area contributed by atoms with Crippen LogP contribution in [0.25, 0.3) is 16.9 Å². The number of fused-ring (bicyclic) bond motifs is 1. The quantitative estimate of drug-likeness (QED) is 0.428. The van der Waals surface area contributed by atoms with Crippen molar-refractivity contribution in [1.82, 2.24) is 9.38 Å². The van der Waals surface area contributed by atoms with Crippen LogP contribution in [0, 0.1) is 17.5 Å². The van der Waals surface area contributed by atoms with Crippen molar-refractivity contribution in [2.45, 2.75) is 0 Å². The SMILES string of the molecule is Fc1ccc(N=Nc2c(-c3ccc(F)c(F)c3)nc3ccccn23)cc1. The lowest BCUT2D eigenvalue weighted by atomic mass is 10.1. The van der Waals surface area contributed by atoms with Gasteiger partial charge in [-0.05, 0) is 54.6 Å². The number of pyridine rings is 1. The first-order valence-electron chi connectivity index (χ1n) is 7.71. The molecule has 26 heavy (non-hydrogen) atoms. The van der Waals surface area contributed by atoms with Gasteiger partial charge in [0.05, 0.1) is 5.69 Å². The molecule has 4 nitrogen and oxygen atoms in total. The third-order valence-electron chi connectivity index (χ3n) is 3.78. The van der Waals surface area contributed by atoms with Crippen LogP contribution in [0.4, 0.5) is 24.7 Å². The lowest BCUT2D eigenvalue weighted by molar-refractivity contribution is 0.509. The van der Waals surface area contributed by atoms with Gasteiger partial charge in [0.1, 0.15) is 17.2 Å². The molecule has 2 aromatic heterocycles. The molecule has 2 heterocycles. The zero-order chi connectivity index (χ0) is 18.1. The van der Waals surface area contributed by atoms with Crippen molar-refractivity contribution in [3.05, 3.63) is 84.3 Å². The standard InChI is InChI=1S/C19H11F3N4/c20-13-5-7-14(8-6-13)24-25-19-18(12-4-9-15(21)16(22)11-12)23-17-3-1-2-10-26(17)19/h1-11H. The second kappa shape index (κ2) is 6.44. The first-order valence-corrected chi connectivity index (χ1v) is 7.71. The van der Waals surface area contributed by atoms with Crippen LogP contribution >= 0.6 is 0 Å². The van der Waals surface area contributed by atoms with Crippen molar-refractivity contribution < 1.29 is 13.2 Å². The topological polar surface area (TPSA) is 42.0 Å². The van der Waals surface area contributed by atoms with E-state index in [1.165, 1.54) is 30.3 Å². The van der Waals surface area contributed by atoms with E-state index < -0.39 is 11.6 Å². The maximum atomic E-state index is 13.6. The number of benzene rings is 2. The number of hydrogen-bond acceptors (Lipinski definition) is 3. The number of aromatic nitrogens is 2. The Morgan fingerprint density at radius 3 is 2.38 bits per heavy atom. The fraction of sp³-hybridized carbons (Fsp3) is 0. The van der Waals surface area contributed by atoms with Crippen LogP contribution in [0.3, 0.4) is 0 Å². The van der Waals surface area contributed by atoms with Gasteiger partial charge < -0.3 is 0 Å². The molecule has 0 aliphatic carbocycles. The van der Waals surface area contributed by atoms with E-state index in [-0.39, 0.29) is 5.82 Å². The summed E-state index contributed by atoms with van der Waals surface area (Å²) in [6.07, 6.45) is 1.74. The zero-order valence-electron chi connectivity index (χ0n) is 13.3. The van der Waals surface area contributed by atoms with Crippen molar-refractivity contribution in [3.8, 4) is 11.3 Å². The van der Waals surface area contributed by atoms with Crippen LogP contribution in [0.2, 0.25) is 0 Å². The van der Waals surface area contributed by atoms with E-state index in [0.29, 0.717) is 28.4 Å². The summed E-state index contributed by atoms with van der Waals surface area (Å²) in [5, 5.41) is 8.31. The third kappa shape index (κ3) is 2.95. The maximum Gasteiger partial charge on any atom is 0.187 e. The Balaban J connectivity index is 1.86. The molecule has 0 N–H and O–H groups in total. The van der Waals surface area contributed by atoms with Gasteiger partial charge in [0, 0.05) is 11.8 Å². The molecule has 7 heteroatoms. The summed E-state index contributed by atoms with van der Waals surface area (Å²) >= 11 is 0. The molecule has 0 spiro atoms. The fourth-order valence-corrected chi connectivity index (χ4v) is 2.53. The van der Waals surface area contributed by atoms with Crippen molar-refractivity contribution in [3.63, 3.8) is 0 Å². The van der Waals surface area contributed by atoms with E-state index in [9.17, 15) is 13.2 Å². The predicted octanol–water partition coefficient (Wildman–Crippen LogP) is 5.83. The van der Waals surface area contributed by atoms with Crippen molar-refractivity contribution >= 4 is 17.2 Å². The molecule has 0 fully saturated rings. The number of halogens is 3. The Morgan fingerprint density at radius 2 is 1.62 bits per heavy atom. The number of hydrogen-bond donors (Lipinski definition) is 0. The summed E-state index contributed by atoms with van der Waals surface area (Å²) in [6, 6.07) is 14.4.